The lowest BCUT2D eigenvalue weighted by Gasteiger charge is -2.14. The third kappa shape index (κ3) is 3.76. The maximum Gasteiger partial charge on any atom is 0.326 e. The number of carboxylic acids is 1. The largest absolute Gasteiger partial charge is 0.480 e. The molecule has 1 atom stereocenters. The van der Waals surface area contributed by atoms with Crippen LogP contribution in [0.5, 0.6) is 0 Å². The van der Waals surface area contributed by atoms with Crippen molar-refractivity contribution in [1.82, 2.24) is 5.32 Å². The van der Waals surface area contributed by atoms with Gasteiger partial charge < -0.3 is 15.7 Å². The molecular weight excluding hydrogens is 232 g/mol. The number of amides is 2. The number of carbonyl (C=O) groups is 2. The molecule has 0 fully saturated rings. The number of anilines is 1. The average Bonchev–Trinajstić information content (AvgIpc) is 2.36. The van der Waals surface area contributed by atoms with Crippen molar-refractivity contribution in [3.8, 4) is 0 Å². The van der Waals surface area contributed by atoms with Gasteiger partial charge in [-0.1, -0.05) is 32.0 Å². The van der Waals surface area contributed by atoms with E-state index in [1.54, 1.807) is 13.0 Å². The molecule has 2 amide bonds. The van der Waals surface area contributed by atoms with Gasteiger partial charge in [-0.25, -0.2) is 9.59 Å². The lowest BCUT2D eigenvalue weighted by Crippen LogP contribution is -2.42. The number of aliphatic carboxylic acids is 1. The van der Waals surface area contributed by atoms with Gasteiger partial charge in [-0.3, -0.25) is 0 Å². The summed E-state index contributed by atoms with van der Waals surface area (Å²) in [6, 6.07) is 6.07. The van der Waals surface area contributed by atoms with Crippen molar-refractivity contribution in [2.45, 2.75) is 32.7 Å². The van der Waals surface area contributed by atoms with E-state index >= 15 is 0 Å². The fourth-order valence-corrected chi connectivity index (χ4v) is 1.61. The SMILES string of the molecule is CCc1ccccc1NC(=O)NC(CC)C(=O)O. The molecule has 5 nitrogen and oxygen atoms in total. The van der Waals surface area contributed by atoms with Crippen molar-refractivity contribution >= 4 is 17.7 Å². The van der Waals surface area contributed by atoms with Gasteiger partial charge in [0.05, 0.1) is 0 Å². The Morgan fingerprint density at radius 2 is 1.94 bits per heavy atom. The highest BCUT2D eigenvalue weighted by molar-refractivity contribution is 5.92. The van der Waals surface area contributed by atoms with Crippen LogP contribution in [-0.4, -0.2) is 23.1 Å². The lowest BCUT2D eigenvalue weighted by atomic mass is 10.1. The molecule has 1 rings (SSSR count). The van der Waals surface area contributed by atoms with Crippen LogP contribution < -0.4 is 10.6 Å². The topological polar surface area (TPSA) is 78.4 Å². The van der Waals surface area contributed by atoms with Gasteiger partial charge in [0.1, 0.15) is 6.04 Å². The molecule has 0 spiro atoms. The first-order valence-corrected chi connectivity index (χ1v) is 5.96. The predicted molar refractivity (Wildman–Crippen MR) is 69.7 cm³/mol. The molecule has 0 bridgehead atoms. The van der Waals surface area contributed by atoms with Crippen LogP contribution in [0.1, 0.15) is 25.8 Å². The zero-order valence-electron chi connectivity index (χ0n) is 10.6. The molecule has 0 aliphatic carbocycles. The van der Waals surface area contributed by atoms with Crippen molar-refractivity contribution in [3.05, 3.63) is 29.8 Å². The van der Waals surface area contributed by atoms with E-state index in [1.807, 2.05) is 25.1 Å². The standard InChI is InChI=1S/C13H18N2O3/c1-3-9-7-5-6-8-11(9)15-13(18)14-10(4-2)12(16)17/h5-8,10H,3-4H2,1-2H3,(H,16,17)(H2,14,15,18). The summed E-state index contributed by atoms with van der Waals surface area (Å²) in [5.41, 5.74) is 1.72. The van der Waals surface area contributed by atoms with Crippen LogP contribution in [0, 0.1) is 0 Å². The third-order valence-electron chi connectivity index (χ3n) is 2.66. The van der Waals surface area contributed by atoms with E-state index in [4.69, 9.17) is 5.11 Å². The molecule has 5 heteroatoms. The number of hydrogen-bond acceptors (Lipinski definition) is 2. The predicted octanol–water partition coefficient (Wildman–Crippen LogP) is 2.23. The number of rotatable bonds is 5. The van der Waals surface area contributed by atoms with Gasteiger partial charge in [-0.2, -0.15) is 0 Å². The van der Waals surface area contributed by atoms with Crippen molar-refractivity contribution < 1.29 is 14.7 Å². The molecule has 3 N–H and O–H groups in total. The van der Waals surface area contributed by atoms with Gasteiger partial charge in [0.2, 0.25) is 0 Å². The second kappa shape index (κ2) is 6.64. The van der Waals surface area contributed by atoms with Gasteiger partial charge >= 0.3 is 12.0 Å². The Labute approximate surface area is 106 Å². The van der Waals surface area contributed by atoms with Crippen LogP contribution in [0.4, 0.5) is 10.5 Å². The smallest absolute Gasteiger partial charge is 0.326 e. The monoisotopic (exact) mass is 250 g/mol. The second-order valence-electron chi connectivity index (χ2n) is 3.91. The third-order valence-corrected chi connectivity index (χ3v) is 2.66. The Morgan fingerprint density at radius 1 is 1.28 bits per heavy atom. The highest BCUT2D eigenvalue weighted by atomic mass is 16.4. The number of para-hydroxylation sites is 1. The van der Waals surface area contributed by atoms with Crippen molar-refractivity contribution in [2.75, 3.05) is 5.32 Å². The number of benzene rings is 1. The molecule has 1 aromatic carbocycles. The molecule has 98 valence electrons. The minimum atomic E-state index is -1.03. The van der Waals surface area contributed by atoms with Gasteiger partial charge in [0, 0.05) is 5.69 Å². The normalized spacial score (nSPS) is 11.7. The van der Waals surface area contributed by atoms with E-state index < -0.39 is 18.0 Å². The first-order valence-electron chi connectivity index (χ1n) is 5.96. The van der Waals surface area contributed by atoms with E-state index in [9.17, 15) is 9.59 Å². The molecule has 0 radical (unpaired) electrons. The summed E-state index contributed by atoms with van der Waals surface area (Å²) >= 11 is 0. The number of carboxylic acid groups (broad SMARTS) is 1. The van der Waals surface area contributed by atoms with Gasteiger partial charge in [0.25, 0.3) is 0 Å². The van der Waals surface area contributed by atoms with Crippen molar-refractivity contribution in [1.29, 1.82) is 0 Å². The molecule has 0 aliphatic rings. The van der Waals surface area contributed by atoms with E-state index in [2.05, 4.69) is 10.6 Å². The van der Waals surface area contributed by atoms with Crippen LogP contribution >= 0.6 is 0 Å². The van der Waals surface area contributed by atoms with Gasteiger partial charge in [-0.05, 0) is 24.5 Å². The fourth-order valence-electron chi connectivity index (χ4n) is 1.61. The van der Waals surface area contributed by atoms with Gasteiger partial charge in [0.15, 0.2) is 0 Å². The first-order chi connectivity index (χ1) is 8.58. The van der Waals surface area contributed by atoms with Crippen molar-refractivity contribution in [2.24, 2.45) is 0 Å². The number of aryl methyl sites for hydroxylation is 1. The minimum Gasteiger partial charge on any atom is -0.480 e. The molecular formula is C13H18N2O3. The minimum absolute atomic E-state index is 0.345. The highest BCUT2D eigenvalue weighted by Gasteiger charge is 2.17. The average molecular weight is 250 g/mol. The maximum absolute atomic E-state index is 11.7. The van der Waals surface area contributed by atoms with E-state index in [1.165, 1.54) is 0 Å². The summed E-state index contributed by atoms with van der Waals surface area (Å²) in [5.74, 6) is -1.03. The molecule has 0 saturated carbocycles. The molecule has 0 saturated heterocycles. The Kier molecular flexibility index (Phi) is 5.17. The quantitative estimate of drug-likeness (QED) is 0.749. The van der Waals surface area contributed by atoms with Crippen molar-refractivity contribution in [3.63, 3.8) is 0 Å². The zero-order valence-corrected chi connectivity index (χ0v) is 10.6. The van der Waals surface area contributed by atoms with E-state index in [0.29, 0.717) is 12.1 Å². The Hall–Kier alpha value is -2.04. The van der Waals surface area contributed by atoms with Gasteiger partial charge in [-0.15, -0.1) is 0 Å². The Morgan fingerprint density at radius 3 is 2.50 bits per heavy atom. The summed E-state index contributed by atoms with van der Waals surface area (Å²) in [6.45, 7) is 3.70. The molecule has 0 heterocycles. The van der Waals surface area contributed by atoms with Crippen LogP contribution in [-0.2, 0) is 11.2 Å². The Balaban J connectivity index is 2.67. The maximum atomic E-state index is 11.7. The Bertz CT molecular complexity index is 432. The van der Waals surface area contributed by atoms with Crippen LogP contribution in [0.15, 0.2) is 24.3 Å². The molecule has 1 aromatic rings. The number of nitrogens with one attached hydrogen (secondary N) is 2. The number of carbonyl (C=O) groups excluding carboxylic acids is 1. The highest BCUT2D eigenvalue weighted by Crippen LogP contribution is 2.15. The summed E-state index contributed by atoms with van der Waals surface area (Å²) < 4.78 is 0. The molecule has 1 unspecified atom stereocenters. The number of urea groups is 1. The number of hydrogen-bond donors (Lipinski definition) is 3. The molecule has 18 heavy (non-hydrogen) atoms. The van der Waals surface area contributed by atoms with Crippen LogP contribution in [0.2, 0.25) is 0 Å². The van der Waals surface area contributed by atoms with E-state index in [0.717, 1.165) is 12.0 Å². The first kappa shape index (κ1) is 14.0. The summed E-state index contributed by atoms with van der Waals surface area (Å²) in [7, 11) is 0. The molecule has 0 aromatic heterocycles. The molecule has 0 aliphatic heterocycles. The summed E-state index contributed by atoms with van der Waals surface area (Å²) in [6.07, 6.45) is 1.14. The second-order valence-corrected chi connectivity index (χ2v) is 3.91. The van der Waals surface area contributed by atoms with E-state index in [-0.39, 0.29) is 0 Å². The van der Waals surface area contributed by atoms with Crippen LogP contribution in [0.3, 0.4) is 0 Å². The lowest BCUT2D eigenvalue weighted by molar-refractivity contribution is -0.139. The summed E-state index contributed by atoms with van der Waals surface area (Å²) in [5, 5.41) is 13.9. The van der Waals surface area contributed by atoms with Crippen LogP contribution in [0.25, 0.3) is 0 Å². The fraction of sp³-hybridized carbons (Fsp3) is 0.385. The summed E-state index contributed by atoms with van der Waals surface area (Å²) in [4.78, 5) is 22.5. The zero-order chi connectivity index (χ0) is 13.5.